The van der Waals surface area contributed by atoms with Crippen LogP contribution in [0.2, 0.25) is 0 Å². The molecule has 0 rings (SSSR count). The molecule has 0 aliphatic carbocycles. The van der Waals surface area contributed by atoms with Gasteiger partial charge in [0.15, 0.2) is 0 Å². The Morgan fingerprint density at radius 1 is 0.815 bits per heavy atom. The lowest BCUT2D eigenvalue weighted by atomic mass is 10.0. The van der Waals surface area contributed by atoms with Crippen LogP contribution >= 0.6 is 6.72 Å². The van der Waals surface area contributed by atoms with Crippen molar-refractivity contribution in [3.05, 3.63) is 0 Å². The van der Waals surface area contributed by atoms with E-state index in [1.807, 2.05) is 0 Å². The van der Waals surface area contributed by atoms with Crippen LogP contribution in [0.4, 0.5) is 0 Å². The smallest absolute Gasteiger partial charge is 0.112 e. The normalized spacial score (nSPS) is 15.0. The van der Waals surface area contributed by atoms with Crippen LogP contribution in [-0.2, 0) is 25.8 Å². The molecule has 0 heterocycles. The summed E-state index contributed by atoms with van der Waals surface area (Å²) >= 11 is 4.33. The molecule has 0 fully saturated rings. The number of ether oxygens (including phenoxy) is 2. The van der Waals surface area contributed by atoms with Crippen molar-refractivity contribution in [2.24, 2.45) is 0 Å². The molecule has 0 saturated heterocycles. The minimum atomic E-state index is -3.87. The number of rotatable bonds is 21. The van der Waals surface area contributed by atoms with E-state index in [-0.39, 0.29) is 12.7 Å². The van der Waals surface area contributed by atoms with Crippen LogP contribution in [0.15, 0.2) is 0 Å². The molecule has 0 spiro atoms. The topological polar surface area (TPSA) is 71.0 Å². The van der Waals surface area contributed by atoms with E-state index in [1.54, 1.807) is 7.11 Å². The molecule has 5 nitrogen and oxygen atoms in total. The first-order valence-electron chi connectivity index (χ1n) is 10.8. The van der Waals surface area contributed by atoms with Crippen molar-refractivity contribution < 1.29 is 23.8 Å². The average molecular weight is 426 g/mol. The molecule has 0 bridgehead atoms. The Balaban J connectivity index is 3.36. The predicted octanol–water partition coefficient (Wildman–Crippen LogP) is 5.09. The Morgan fingerprint density at radius 2 is 1.26 bits per heavy atom. The summed E-state index contributed by atoms with van der Waals surface area (Å²) in [5.74, 6) is 0. The van der Waals surface area contributed by atoms with Gasteiger partial charge in [-0.2, -0.15) is 0 Å². The monoisotopic (exact) mass is 425 g/mol. The fraction of sp³-hybridized carbons (Fsp3) is 1.00. The molecule has 0 aliphatic heterocycles. The van der Waals surface area contributed by atoms with Gasteiger partial charge in [0.1, 0.15) is 12.8 Å². The van der Waals surface area contributed by atoms with Gasteiger partial charge in [-0.3, -0.25) is 0 Å². The molecule has 0 aromatic heterocycles. The summed E-state index contributed by atoms with van der Waals surface area (Å²) in [6.45, 7) is -0.674. The summed E-state index contributed by atoms with van der Waals surface area (Å²) in [5, 5.41) is 0. The van der Waals surface area contributed by atoms with E-state index in [1.165, 1.54) is 77.0 Å². The quantitative estimate of drug-likeness (QED) is 0.204. The maximum atomic E-state index is 11.0. The van der Waals surface area contributed by atoms with Crippen molar-refractivity contribution in [2.75, 3.05) is 26.9 Å². The molecule has 0 amide bonds. The summed E-state index contributed by atoms with van der Waals surface area (Å²) in [4.78, 5) is 20.0. The number of methoxy groups -OCH3 is 1. The molecule has 27 heavy (non-hydrogen) atoms. The highest BCUT2D eigenvalue weighted by Gasteiger charge is 2.11. The Bertz CT molecular complexity index is 351. The highest BCUT2D eigenvalue weighted by molar-refractivity contribution is 8.06. The van der Waals surface area contributed by atoms with Gasteiger partial charge in [0.2, 0.25) is 0 Å². The molecule has 2 atom stereocenters. The van der Waals surface area contributed by atoms with Crippen molar-refractivity contribution in [1.82, 2.24) is 0 Å². The first-order valence-corrected chi connectivity index (χ1v) is 13.4. The fourth-order valence-corrected chi connectivity index (χ4v) is 3.59. The van der Waals surface area contributed by atoms with Gasteiger partial charge >= 0.3 is 0 Å². The molecule has 7 heteroatoms. The third kappa shape index (κ3) is 22.6. The molecule has 0 radical (unpaired) electrons. The average Bonchev–Trinajstić information content (AvgIpc) is 2.62. The summed E-state index contributed by atoms with van der Waals surface area (Å²) in [6.07, 6.45) is 18.2. The van der Waals surface area contributed by atoms with E-state index in [2.05, 4.69) is 18.7 Å². The summed E-state index contributed by atoms with van der Waals surface area (Å²) in [6, 6.07) is 0. The van der Waals surface area contributed by atoms with Gasteiger partial charge in [0.05, 0.1) is 13.2 Å². The van der Waals surface area contributed by atoms with E-state index in [0.29, 0.717) is 13.2 Å². The van der Waals surface area contributed by atoms with Crippen molar-refractivity contribution in [3.8, 4) is 0 Å². The van der Waals surface area contributed by atoms with Gasteiger partial charge < -0.3 is 23.8 Å². The van der Waals surface area contributed by atoms with E-state index in [9.17, 15) is 4.89 Å². The van der Waals surface area contributed by atoms with E-state index < -0.39 is 6.72 Å². The minimum absolute atomic E-state index is 0.0102. The molecule has 1 N–H and O–H groups in total. The van der Waals surface area contributed by atoms with Gasteiger partial charge in [0, 0.05) is 13.7 Å². The molecule has 0 aliphatic rings. The second-order valence-electron chi connectivity index (χ2n) is 7.31. The second-order valence-corrected chi connectivity index (χ2v) is 9.89. The predicted molar refractivity (Wildman–Crippen MR) is 114 cm³/mol. The molecular weight excluding hydrogens is 383 g/mol. The minimum Gasteiger partial charge on any atom is -0.780 e. The van der Waals surface area contributed by atoms with Crippen LogP contribution in [0.1, 0.15) is 96.8 Å². The van der Waals surface area contributed by atoms with Gasteiger partial charge in [0.25, 0.3) is 0 Å². The maximum Gasteiger partial charge on any atom is 0.112 e. The maximum absolute atomic E-state index is 11.0. The third-order valence-electron chi connectivity index (χ3n) is 4.63. The third-order valence-corrected chi connectivity index (χ3v) is 5.42. The summed E-state index contributed by atoms with van der Waals surface area (Å²) in [5.41, 5.74) is 0. The second kappa shape index (κ2) is 19.8. The Hall–Kier alpha value is 0.450. The van der Waals surface area contributed by atoms with Crippen LogP contribution in [0, 0.1) is 0 Å². The molecule has 164 valence electrons. The first-order chi connectivity index (χ1) is 13.0. The highest BCUT2D eigenvalue weighted by Crippen LogP contribution is 2.31. The number of hydrogen-bond acceptors (Lipinski definition) is 5. The highest BCUT2D eigenvalue weighted by atomic mass is 32.5. The van der Waals surface area contributed by atoms with Crippen LogP contribution in [0.3, 0.4) is 0 Å². The van der Waals surface area contributed by atoms with Crippen LogP contribution in [0.25, 0.3) is 0 Å². The molecular formula is C20H42O5PS-. The Morgan fingerprint density at radius 3 is 1.67 bits per heavy atom. The van der Waals surface area contributed by atoms with Crippen molar-refractivity contribution >= 4 is 18.5 Å². The van der Waals surface area contributed by atoms with Crippen LogP contribution < -0.4 is 4.89 Å². The molecule has 0 aromatic rings. The zero-order valence-electron chi connectivity index (χ0n) is 17.5. The molecule has 2 unspecified atom stereocenters. The zero-order valence-corrected chi connectivity index (χ0v) is 19.2. The van der Waals surface area contributed by atoms with Crippen molar-refractivity contribution in [3.63, 3.8) is 0 Å². The van der Waals surface area contributed by atoms with E-state index >= 15 is 0 Å². The SMILES string of the molecule is CCCCCCCCCCCCCCCCOC(COC)COP([O-])(O)=S. The lowest BCUT2D eigenvalue weighted by Gasteiger charge is -2.24. The van der Waals surface area contributed by atoms with Gasteiger partial charge in [-0.05, 0) is 6.42 Å². The summed E-state index contributed by atoms with van der Waals surface area (Å²) in [7, 11) is 1.56. The number of unbranched alkanes of at least 4 members (excludes halogenated alkanes) is 13. The van der Waals surface area contributed by atoms with E-state index in [0.717, 1.165) is 12.8 Å². The van der Waals surface area contributed by atoms with E-state index in [4.69, 9.17) is 18.9 Å². The van der Waals surface area contributed by atoms with Gasteiger partial charge in [-0.25, -0.2) is 0 Å². The number of hydrogen-bond donors (Lipinski definition) is 1. The zero-order chi connectivity index (χ0) is 20.2. The Labute approximate surface area is 172 Å². The van der Waals surface area contributed by atoms with Gasteiger partial charge in [-0.1, -0.05) is 102 Å². The van der Waals surface area contributed by atoms with Crippen molar-refractivity contribution in [2.45, 2.75) is 103 Å². The van der Waals surface area contributed by atoms with Crippen LogP contribution in [0.5, 0.6) is 0 Å². The lowest BCUT2D eigenvalue weighted by molar-refractivity contribution is -0.204. The largest absolute Gasteiger partial charge is 0.780 e. The Kier molecular flexibility index (Phi) is 20.1. The molecule has 0 aromatic carbocycles. The standard InChI is InChI=1S/C20H43O5PS/c1-3-4-5-6-7-8-9-10-11-12-13-14-15-16-17-24-20(18-23-2)19-25-26(21,22)27/h20H,3-19H2,1-2H3,(H2,21,22,27)/p-1. The summed E-state index contributed by atoms with van der Waals surface area (Å²) < 4.78 is 15.4. The van der Waals surface area contributed by atoms with Crippen LogP contribution in [-0.4, -0.2) is 37.9 Å². The van der Waals surface area contributed by atoms with Crippen molar-refractivity contribution in [1.29, 1.82) is 0 Å². The fourth-order valence-electron chi connectivity index (χ4n) is 3.05. The lowest BCUT2D eigenvalue weighted by Crippen LogP contribution is -2.26. The van der Waals surface area contributed by atoms with Gasteiger partial charge in [-0.15, -0.1) is 0 Å². The molecule has 0 saturated carbocycles. The first kappa shape index (κ1) is 27.5.